The molecule has 1 saturated heterocycles. The lowest BCUT2D eigenvalue weighted by Gasteiger charge is -2.42. The van der Waals surface area contributed by atoms with Crippen LogP contribution in [-0.2, 0) is 9.47 Å². The van der Waals surface area contributed by atoms with Crippen molar-refractivity contribution in [2.75, 3.05) is 17.5 Å². The molecule has 122 valence electrons. The molecule has 1 atom stereocenters. The molecule has 1 unspecified atom stereocenters. The first-order chi connectivity index (χ1) is 9.75. The number of rotatable bonds is 4. The Kier molecular flexibility index (Phi) is 5.45. The van der Waals surface area contributed by atoms with E-state index in [1.54, 1.807) is 0 Å². The highest BCUT2D eigenvalue weighted by Crippen LogP contribution is 2.39. The van der Waals surface area contributed by atoms with E-state index < -0.39 is 5.60 Å². The van der Waals surface area contributed by atoms with Crippen LogP contribution in [-0.4, -0.2) is 45.8 Å². The zero-order valence-electron chi connectivity index (χ0n) is 13.7. The first-order valence-electron chi connectivity index (χ1n) is 7.96. The first kappa shape index (κ1) is 17.3. The zero-order valence-corrected chi connectivity index (χ0v) is 15.8. The van der Waals surface area contributed by atoms with E-state index >= 15 is 0 Å². The number of amides is 1. The Labute approximate surface area is 142 Å². The lowest BCUT2D eigenvalue weighted by atomic mass is 9.93. The molecule has 1 amide bonds. The highest BCUT2D eigenvalue weighted by Gasteiger charge is 2.41. The minimum atomic E-state index is -0.425. The van der Waals surface area contributed by atoms with Gasteiger partial charge in [-0.3, -0.25) is 0 Å². The summed E-state index contributed by atoms with van der Waals surface area (Å²) in [6.45, 7) is 9.38. The summed E-state index contributed by atoms with van der Waals surface area (Å²) < 4.78 is 12.8. The van der Waals surface area contributed by atoms with Gasteiger partial charge in [-0.15, -0.1) is 0 Å². The molecule has 0 spiro atoms. The number of halogens is 1. The van der Waals surface area contributed by atoms with Crippen LogP contribution < -0.4 is 0 Å². The van der Waals surface area contributed by atoms with Crippen molar-refractivity contribution >= 4 is 28.7 Å². The molecule has 5 heteroatoms. The average Bonchev–Trinajstić information content (AvgIpc) is 3.21. The smallest absolute Gasteiger partial charge is 0.410 e. The molecule has 2 fully saturated rings. The van der Waals surface area contributed by atoms with Crippen LogP contribution in [0.25, 0.3) is 0 Å². The Bertz CT molecular complexity index is 368. The van der Waals surface area contributed by atoms with Crippen LogP contribution in [0.3, 0.4) is 0 Å². The fraction of sp³-hybridized carbons (Fsp3) is 0.938. The molecule has 21 heavy (non-hydrogen) atoms. The summed E-state index contributed by atoms with van der Waals surface area (Å²) in [6.07, 6.45) is 4.59. The maximum atomic E-state index is 12.1. The fourth-order valence-electron chi connectivity index (χ4n) is 2.76. The summed E-state index contributed by atoms with van der Waals surface area (Å²) in [6, 6.07) is 0. The second-order valence-corrected chi connectivity index (χ2v) is 8.21. The van der Waals surface area contributed by atoms with Crippen molar-refractivity contribution in [3.8, 4) is 0 Å². The van der Waals surface area contributed by atoms with Gasteiger partial charge >= 0.3 is 6.09 Å². The minimum Gasteiger partial charge on any atom is -0.444 e. The molecule has 1 heterocycles. The largest absolute Gasteiger partial charge is 0.444 e. The number of hydrogen-bond acceptors (Lipinski definition) is 3. The van der Waals surface area contributed by atoms with E-state index in [1.165, 1.54) is 12.8 Å². The van der Waals surface area contributed by atoms with E-state index in [0.717, 1.165) is 36.3 Å². The predicted octanol–water partition coefficient (Wildman–Crippen LogP) is 4.01. The fourth-order valence-corrected chi connectivity index (χ4v) is 3.71. The van der Waals surface area contributed by atoms with E-state index in [0.29, 0.717) is 6.10 Å². The Morgan fingerprint density at radius 2 is 1.90 bits per heavy atom. The van der Waals surface area contributed by atoms with Crippen molar-refractivity contribution in [1.29, 1.82) is 0 Å². The molecule has 1 saturated carbocycles. The third-order valence-electron chi connectivity index (χ3n) is 4.29. The molecule has 2 aliphatic rings. The summed E-state index contributed by atoms with van der Waals surface area (Å²) in [4.78, 5) is 13.9. The average molecular weight is 409 g/mol. The van der Waals surface area contributed by atoms with Crippen molar-refractivity contribution in [3.63, 3.8) is 0 Å². The van der Waals surface area contributed by atoms with Crippen LogP contribution in [0, 0.1) is 5.92 Å². The Morgan fingerprint density at radius 1 is 1.33 bits per heavy atom. The second-order valence-electron chi connectivity index (χ2n) is 7.44. The van der Waals surface area contributed by atoms with Gasteiger partial charge in [-0.2, -0.15) is 0 Å². The van der Waals surface area contributed by atoms with Crippen LogP contribution in [0.15, 0.2) is 0 Å². The first-order valence-corrected chi connectivity index (χ1v) is 9.49. The zero-order chi connectivity index (χ0) is 15.7. The number of carbonyl (C=O) groups is 1. The molecule has 4 nitrogen and oxygen atoms in total. The highest BCUT2D eigenvalue weighted by atomic mass is 127. The maximum Gasteiger partial charge on any atom is 0.410 e. The normalized spacial score (nSPS) is 23.8. The number of likely N-dealkylation sites (tertiary alicyclic amines) is 1. The van der Waals surface area contributed by atoms with Gasteiger partial charge in [0.1, 0.15) is 5.60 Å². The van der Waals surface area contributed by atoms with Crippen molar-refractivity contribution in [2.45, 2.75) is 70.7 Å². The highest BCUT2D eigenvalue weighted by molar-refractivity contribution is 14.1. The molecule has 1 aliphatic carbocycles. The monoisotopic (exact) mass is 409 g/mol. The maximum absolute atomic E-state index is 12.1. The molecular weight excluding hydrogens is 381 g/mol. The number of piperidine rings is 1. The van der Waals surface area contributed by atoms with E-state index in [2.05, 4.69) is 29.5 Å². The van der Waals surface area contributed by atoms with E-state index in [1.807, 2.05) is 25.7 Å². The Morgan fingerprint density at radius 3 is 2.33 bits per heavy atom. The predicted molar refractivity (Wildman–Crippen MR) is 91.9 cm³/mol. The van der Waals surface area contributed by atoms with Crippen LogP contribution in [0.5, 0.6) is 0 Å². The molecule has 0 aromatic rings. The Balaban J connectivity index is 1.86. The van der Waals surface area contributed by atoms with Gasteiger partial charge in [-0.25, -0.2) is 4.79 Å². The topological polar surface area (TPSA) is 38.8 Å². The van der Waals surface area contributed by atoms with Gasteiger partial charge in [-0.05, 0) is 59.3 Å². The van der Waals surface area contributed by atoms with Crippen LogP contribution in [0.1, 0.15) is 53.4 Å². The van der Waals surface area contributed by atoms with Gasteiger partial charge in [0.25, 0.3) is 0 Å². The molecular formula is C16H28INO3. The number of ether oxygens (including phenoxy) is 2. The third kappa shape index (κ3) is 4.98. The van der Waals surface area contributed by atoms with E-state index in [9.17, 15) is 4.79 Å². The SMILES string of the molecule is CC(OC1(CI)CCN(C(=O)OC(C)(C)C)CC1)C1CC1. The van der Waals surface area contributed by atoms with Crippen molar-refractivity contribution in [3.05, 3.63) is 0 Å². The van der Waals surface area contributed by atoms with Gasteiger partial charge in [0.2, 0.25) is 0 Å². The van der Waals surface area contributed by atoms with Crippen LogP contribution in [0.4, 0.5) is 4.79 Å². The summed E-state index contributed by atoms with van der Waals surface area (Å²) >= 11 is 2.42. The van der Waals surface area contributed by atoms with Crippen molar-refractivity contribution < 1.29 is 14.3 Å². The van der Waals surface area contributed by atoms with Gasteiger partial charge in [0, 0.05) is 17.5 Å². The number of hydrogen-bond donors (Lipinski definition) is 0. The summed E-state index contributed by atoms with van der Waals surface area (Å²) in [5.74, 6) is 0.758. The molecule has 1 aliphatic heterocycles. The van der Waals surface area contributed by atoms with Gasteiger partial charge in [-0.1, -0.05) is 22.6 Å². The van der Waals surface area contributed by atoms with Crippen molar-refractivity contribution in [2.24, 2.45) is 5.92 Å². The lowest BCUT2D eigenvalue weighted by Crippen LogP contribution is -2.51. The van der Waals surface area contributed by atoms with Gasteiger partial charge < -0.3 is 14.4 Å². The minimum absolute atomic E-state index is 0.0545. The Hall–Kier alpha value is -0.0400. The van der Waals surface area contributed by atoms with Crippen molar-refractivity contribution in [1.82, 2.24) is 4.90 Å². The summed E-state index contributed by atoms with van der Waals surface area (Å²) in [5, 5.41) is 0. The van der Waals surface area contributed by atoms with E-state index in [-0.39, 0.29) is 11.7 Å². The van der Waals surface area contributed by atoms with E-state index in [4.69, 9.17) is 9.47 Å². The number of nitrogens with zero attached hydrogens (tertiary/aromatic N) is 1. The molecule has 2 rings (SSSR count). The molecule has 0 N–H and O–H groups in total. The second kappa shape index (κ2) is 6.60. The number of alkyl halides is 1. The molecule has 0 aromatic carbocycles. The summed E-state index contributed by atoms with van der Waals surface area (Å²) in [7, 11) is 0. The molecule has 0 aromatic heterocycles. The van der Waals surface area contributed by atoms with Gasteiger partial charge in [0.15, 0.2) is 0 Å². The van der Waals surface area contributed by atoms with Gasteiger partial charge in [0.05, 0.1) is 11.7 Å². The van der Waals surface area contributed by atoms with Crippen LogP contribution >= 0.6 is 22.6 Å². The number of carbonyl (C=O) groups excluding carboxylic acids is 1. The quantitative estimate of drug-likeness (QED) is 0.521. The molecule has 0 bridgehead atoms. The summed E-state index contributed by atoms with van der Waals surface area (Å²) in [5.41, 5.74) is -0.479. The van der Waals surface area contributed by atoms with Crippen LogP contribution in [0.2, 0.25) is 0 Å². The molecule has 0 radical (unpaired) electrons. The third-order valence-corrected chi connectivity index (χ3v) is 5.68. The lowest BCUT2D eigenvalue weighted by molar-refractivity contribution is -0.107. The standard InChI is InChI=1S/C16H28INO3/c1-12(13-5-6-13)20-16(11-17)7-9-18(10-8-16)14(19)21-15(2,3)4/h12-13H,5-11H2,1-4H3.